The van der Waals surface area contributed by atoms with Gasteiger partial charge in [-0.3, -0.25) is 0 Å². The molecule has 0 radical (unpaired) electrons. The monoisotopic (exact) mass is 287 g/mol. The van der Waals surface area contributed by atoms with Crippen molar-refractivity contribution in [3.63, 3.8) is 0 Å². The molecule has 2 N–H and O–H groups in total. The van der Waals surface area contributed by atoms with Gasteiger partial charge in [-0.15, -0.1) is 0 Å². The van der Waals surface area contributed by atoms with E-state index in [1.54, 1.807) is 0 Å². The lowest BCUT2D eigenvalue weighted by Crippen LogP contribution is -2.29. The van der Waals surface area contributed by atoms with Crippen LogP contribution >= 0.6 is 0 Å². The number of aromatic nitrogens is 1. The van der Waals surface area contributed by atoms with Crippen LogP contribution in [0.1, 0.15) is 38.7 Å². The van der Waals surface area contributed by atoms with Crippen molar-refractivity contribution in [2.45, 2.75) is 45.3 Å². The number of pyridine rings is 1. The van der Waals surface area contributed by atoms with Crippen LogP contribution in [0.2, 0.25) is 0 Å². The first-order valence-corrected chi connectivity index (χ1v) is 6.89. The molecule has 6 heteroatoms. The van der Waals surface area contributed by atoms with Crippen molar-refractivity contribution >= 4 is 11.6 Å². The van der Waals surface area contributed by atoms with Gasteiger partial charge in [-0.1, -0.05) is 13.8 Å². The third kappa shape index (κ3) is 3.77. The standard InChI is InChI=1S/C14H20F3N3/c1-9(2)5-6-20(11-3-4-11)13-8-10(14(15,16)17)7-12(18)19-13/h7-9,11H,3-6H2,1-2H3,(H2,18,19). The highest BCUT2D eigenvalue weighted by atomic mass is 19.4. The molecular formula is C14H20F3N3. The molecular weight excluding hydrogens is 267 g/mol. The van der Waals surface area contributed by atoms with Gasteiger partial charge in [0.05, 0.1) is 5.56 Å². The summed E-state index contributed by atoms with van der Waals surface area (Å²) in [5.41, 5.74) is 4.81. The Hall–Kier alpha value is -1.46. The van der Waals surface area contributed by atoms with Crippen LogP contribution in [0.5, 0.6) is 0 Å². The van der Waals surface area contributed by atoms with Crippen LogP contribution in [0.25, 0.3) is 0 Å². The van der Waals surface area contributed by atoms with E-state index in [2.05, 4.69) is 18.8 Å². The summed E-state index contributed by atoms with van der Waals surface area (Å²) < 4.78 is 38.5. The molecule has 1 fully saturated rings. The smallest absolute Gasteiger partial charge is 0.384 e. The number of hydrogen-bond acceptors (Lipinski definition) is 3. The second kappa shape index (κ2) is 5.50. The van der Waals surface area contributed by atoms with E-state index in [0.29, 0.717) is 17.8 Å². The molecule has 20 heavy (non-hydrogen) atoms. The van der Waals surface area contributed by atoms with E-state index in [1.807, 2.05) is 4.90 Å². The van der Waals surface area contributed by atoms with E-state index in [-0.39, 0.29) is 5.82 Å². The molecule has 0 spiro atoms. The van der Waals surface area contributed by atoms with Gasteiger partial charge in [-0.25, -0.2) is 4.98 Å². The van der Waals surface area contributed by atoms with Gasteiger partial charge in [0.2, 0.25) is 0 Å². The molecule has 0 saturated heterocycles. The Morgan fingerprint density at radius 1 is 1.35 bits per heavy atom. The summed E-state index contributed by atoms with van der Waals surface area (Å²) in [5, 5.41) is 0. The van der Waals surface area contributed by atoms with E-state index in [0.717, 1.165) is 37.9 Å². The van der Waals surface area contributed by atoms with Gasteiger partial charge in [0, 0.05) is 12.6 Å². The highest BCUT2D eigenvalue weighted by Crippen LogP contribution is 2.36. The summed E-state index contributed by atoms with van der Waals surface area (Å²) in [6.45, 7) is 4.91. The zero-order chi connectivity index (χ0) is 14.9. The van der Waals surface area contributed by atoms with Crippen LogP contribution in [0.4, 0.5) is 24.8 Å². The Labute approximate surface area is 117 Å². The molecule has 1 saturated carbocycles. The lowest BCUT2D eigenvalue weighted by atomic mass is 10.1. The second-order valence-electron chi connectivity index (χ2n) is 5.74. The van der Waals surface area contributed by atoms with Gasteiger partial charge in [-0.05, 0) is 37.3 Å². The molecule has 1 heterocycles. The molecule has 0 bridgehead atoms. The Bertz CT molecular complexity index is 467. The summed E-state index contributed by atoms with van der Waals surface area (Å²) >= 11 is 0. The van der Waals surface area contributed by atoms with E-state index >= 15 is 0 Å². The fraction of sp³-hybridized carbons (Fsp3) is 0.643. The molecule has 0 amide bonds. The Balaban J connectivity index is 2.26. The Kier molecular flexibility index (Phi) is 4.11. The molecule has 2 rings (SSSR count). The van der Waals surface area contributed by atoms with Crippen LogP contribution in [-0.2, 0) is 6.18 Å². The number of rotatable bonds is 5. The van der Waals surface area contributed by atoms with Gasteiger partial charge >= 0.3 is 6.18 Å². The van der Waals surface area contributed by atoms with Crippen LogP contribution in [0, 0.1) is 5.92 Å². The summed E-state index contributed by atoms with van der Waals surface area (Å²) in [7, 11) is 0. The number of nitrogens with zero attached hydrogens (tertiary/aromatic N) is 2. The highest BCUT2D eigenvalue weighted by Gasteiger charge is 2.34. The molecule has 0 unspecified atom stereocenters. The van der Waals surface area contributed by atoms with Crippen molar-refractivity contribution in [3.05, 3.63) is 17.7 Å². The van der Waals surface area contributed by atoms with Gasteiger partial charge in [0.15, 0.2) is 0 Å². The largest absolute Gasteiger partial charge is 0.416 e. The first-order valence-electron chi connectivity index (χ1n) is 6.89. The predicted octanol–water partition coefficient (Wildman–Crippen LogP) is 3.70. The number of alkyl halides is 3. The fourth-order valence-corrected chi connectivity index (χ4v) is 2.12. The molecule has 0 aromatic carbocycles. The quantitative estimate of drug-likeness (QED) is 0.898. The van der Waals surface area contributed by atoms with Gasteiger partial charge in [0.25, 0.3) is 0 Å². The average Bonchev–Trinajstić information content (AvgIpc) is 3.11. The minimum absolute atomic E-state index is 0.0787. The van der Waals surface area contributed by atoms with Crippen LogP contribution in [-0.4, -0.2) is 17.6 Å². The molecule has 112 valence electrons. The normalized spacial score (nSPS) is 15.7. The van der Waals surface area contributed by atoms with Crippen LogP contribution in [0.3, 0.4) is 0 Å². The van der Waals surface area contributed by atoms with Gasteiger partial charge in [-0.2, -0.15) is 13.2 Å². The lowest BCUT2D eigenvalue weighted by Gasteiger charge is -2.25. The Morgan fingerprint density at radius 3 is 2.50 bits per heavy atom. The van der Waals surface area contributed by atoms with E-state index in [9.17, 15) is 13.2 Å². The maximum atomic E-state index is 12.8. The zero-order valence-corrected chi connectivity index (χ0v) is 11.7. The summed E-state index contributed by atoms with van der Waals surface area (Å²) in [4.78, 5) is 6.05. The summed E-state index contributed by atoms with van der Waals surface area (Å²) in [6, 6.07) is 2.30. The maximum absolute atomic E-state index is 12.8. The fourth-order valence-electron chi connectivity index (χ4n) is 2.12. The molecule has 0 atom stereocenters. The summed E-state index contributed by atoms with van der Waals surface area (Å²) in [5.74, 6) is 0.768. The van der Waals surface area contributed by atoms with Crippen LogP contribution in [0.15, 0.2) is 12.1 Å². The minimum atomic E-state index is -4.39. The second-order valence-corrected chi connectivity index (χ2v) is 5.74. The molecule has 1 aliphatic carbocycles. The van der Waals surface area contributed by atoms with E-state index in [1.165, 1.54) is 0 Å². The number of halogens is 3. The van der Waals surface area contributed by atoms with Crippen molar-refractivity contribution < 1.29 is 13.2 Å². The molecule has 1 aliphatic rings. The molecule has 3 nitrogen and oxygen atoms in total. The maximum Gasteiger partial charge on any atom is 0.416 e. The van der Waals surface area contributed by atoms with E-state index < -0.39 is 11.7 Å². The highest BCUT2D eigenvalue weighted by molar-refractivity contribution is 5.50. The molecule has 0 aliphatic heterocycles. The van der Waals surface area contributed by atoms with Crippen molar-refractivity contribution in [1.29, 1.82) is 0 Å². The van der Waals surface area contributed by atoms with Crippen molar-refractivity contribution in [2.24, 2.45) is 5.92 Å². The minimum Gasteiger partial charge on any atom is -0.384 e. The predicted molar refractivity (Wildman–Crippen MR) is 73.5 cm³/mol. The molecule has 1 aromatic heterocycles. The van der Waals surface area contributed by atoms with Crippen molar-refractivity contribution in [3.8, 4) is 0 Å². The van der Waals surface area contributed by atoms with Crippen LogP contribution < -0.4 is 10.6 Å². The van der Waals surface area contributed by atoms with Gasteiger partial charge in [0.1, 0.15) is 11.6 Å². The number of nitrogen functional groups attached to an aromatic ring is 1. The van der Waals surface area contributed by atoms with Crippen molar-refractivity contribution in [1.82, 2.24) is 4.98 Å². The number of hydrogen-bond donors (Lipinski definition) is 1. The third-order valence-electron chi connectivity index (χ3n) is 3.39. The van der Waals surface area contributed by atoms with Crippen molar-refractivity contribution in [2.75, 3.05) is 17.2 Å². The summed E-state index contributed by atoms with van der Waals surface area (Å²) in [6.07, 6.45) is -1.45. The zero-order valence-electron chi connectivity index (χ0n) is 11.7. The number of anilines is 2. The van der Waals surface area contributed by atoms with E-state index in [4.69, 9.17) is 5.73 Å². The third-order valence-corrected chi connectivity index (χ3v) is 3.39. The topological polar surface area (TPSA) is 42.1 Å². The first-order chi connectivity index (χ1) is 9.27. The first kappa shape index (κ1) is 14.9. The average molecular weight is 287 g/mol. The Morgan fingerprint density at radius 2 is 2.00 bits per heavy atom. The SMILES string of the molecule is CC(C)CCN(c1cc(C(F)(F)F)cc(N)n1)C1CC1. The lowest BCUT2D eigenvalue weighted by molar-refractivity contribution is -0.137. The van der Waals surface area contributed by atoms with Gasteiger partial charge < -0.3 is 10.6 Å². The number of nitrogens with two attached hydrogens (primary N) is 1. The molecule has 1 aromatic rings.